The summed E-state index contributed by atoms with van der Waals surface area (Å²) < 4.78 is 0. The Morgan fingerprint density at radius 1 is 1.32 bits per heavy atom. The SMILES string of the molecule is CCC1(C(=O)NC(C)c2ccc(N)cc2)CCCC1. The molecular weight excluding hydrogens is 236 g/mol. The molecule has 1 aliphatic rings. The molecule has 0 aromatic heterocycles. The molecule has 3 N–H and O–H groups in total. The van der Waals surface area contributed by atoms with Gasteiger partial charge in [0.1, 0.15) is 0 Å². The van der Waals surface area contributed by atoms with Crippen molar-refractivity contribution in [2.75, 3.05) is 5.73 Å². The quantitative estimate of drug-likeness (QED) is 0.815. The van der Waals surface area contributed by atoms with Crippen molar-refractivity contribution in [2.45, 2.75) is 52.0 Å². The summed E-state index contributed by atoms with van der Waals surface area (Å²) in [6, 6.07) is 7.75. The molecule has 1 aromatic carbocycles. The van der Waals surface area contributed by atoms with Crippen molar-refractivity contribution in [1.82, 2.24) is 5.32 Å². The number of carbonyl (C=O) groups excluding carboxylic acids is 1. The molecule has 0 radical (unpaired) electrons. The molecule has 1 unspecified atom stereocenters. The van der Waals surface area contributed by atoms with Crippen LogP contribution in [0.15, 0.2) is 24.3 Å². The Kier molecular flexibility index (Phi) is 4.13. The molecule has 3 nitrogen and oxygen atoms in total. The maximum atomic E-state index is 12.5. The van der Waals surface area contributed by atoms with Gasteiger partial charge in [-0.2, -0.15) is 0 Å². The van der Waals surface area contributed by atoms with Gasteiger partial charge in [-0.3, -0.25) is 4.79 Å². The first-order chi connectivity index (χ1) is 9.07. The van der Waals surface area contributed by atoms with E-state index in [1.165, 1.54) is 12.8 Å². The van der Waals surface area contributed by atoms with Crippen LogP contribution in [0.3, 0.4) is 0 Å². The molecule has 3 heteroatoms. The summed E-state index contributed by atoms with van der Waals surface area (Å²) in [5.41, 5.74) is 7.42. The van der Waals surface area contributed by atoms with Crippen LogP contribution >= 0.6 is 0 Å². The van der Waals surface area contributed by atoms with Gasteiger partial charge in [-0.15, -0.1) is 0 Å². The van der Waals surface area contributed by atoms with Crippen molar-refractivity contribution >= 4 is 11.6 Å². The van der Waals surface area contributed by atoms with E-state index in [0.29, 0.717) is 0 Å². The molecule has 104 valence electrons. The van der Waals surface area contributed by atoms with Gasteiger partial charge in [-0.05, 0) is 43.9 Å². The van der Waals surface area contributed by atoms with Crippen LogP contribution in [0.2, 0.25) is 0 Å². The molecule has 1 aliphatic carbocycles. The van der Waals surface area contributed by atoms with Gasteiger partial charge >= 0.3 is 0 Å². The largest absolute Gasteiger partial charge is 0.399 e. The van der Waals surface area contributed by atoms with Crippen LogP contribution in [0.25, 0.3) is 0 Å². The minimum atomic E-state index is -0.123. The summed E-state index contributed by atoms with van der Waals surface area (Å²) in [5.74, 6) is 0.219. The van der Waals surface area contributed by atoms with Crippen LogP contribution in [-0.2, 0) is 4.79 Å². The van der Waals surface area contributed by atoms with E-state index in [4.69, 9.17) is 5.73 Å². The number of hydrogen-bond acceptors (Lipinski definition) is 2. The monoisotopic (exact) mass is 260 g/mol. The maximum Gasteiger partial charge on any atom is 0.226 e. The lowest BCUT2D eigenvalue weighted by Gasteiger charge is -2.28. The normalized spacial score (nSPS) is 19.1. The van der Waals surface area contributed by atoms with Crippen molar-refractivity contribution < 1.29 is 4.79 Å². The molecular formula is C16H24N2O. The summed E-state index contributed by atoms with van der Waals surface area (Å²) in [7, 11) is 0. The van der Waals surface area contributed by atoms with E-state index in [1.54, 1.807) is 0 Å². The van der Waals surface area contributed by atoms with Crippen LogP contribution in [0.1, 0.15) is 57.6 Å². The van der Waals surface area contributed by atoms with Gasteiger partial charge in [0.25, 0.3) is 0 Å². The number of nitrogens with two attached hydrogens (primary N) is 1. The zero-order chi connectivity index (χ0) is 13.9. The Bertz CT molecular complexity index is 433. The fourth-order valence-corrected chi connectivity index (χ4v) is 3.01. The van der Waals surface area contributed by atoms with E-state index in [2.05, 4.69) is 12.2 Å². The van der Waals surface area contributed by atoms with Gasteiger partial charge < -0.3 is 11.1 Å². The fraction of sp³-hybridized carbons (Fsp3) is 0.562. The van der Waals surface area contributed by atoms with Crippen molar-refractivity contribution in [3.8, 4) is 0 Å². The first-order valence-electron chi connectivity index (χ1n) is 7.24. The topological polar surface area (TPSA) is 55.1 Å². The fourth-order valence-electron chi connectivity index (χ4n) is 3.01. The molecule has 0 bridgehead atoms. The summed E-state index contributed by atoms with van der Waals surface area (Å²) in [5, 5.41) is 3.17. The lowest BCUT2D eigenvalue weighted by molar-refractivity contribution is -0.131. The second-order valence-electron chi connectivity index (χ2n) is 5.70. The molecule has 1 fully saturated rings. The predicted octanol–water partition coefficient (Wildman–Crippen LogP) is 3.42. The van der Waals surface area contributed by atoms with E-state index < -0.39 is 0 Å². The van der Waals surface area contributed by atoms with Crippen LogP contribution < -0.4 is 11.1 Å². The van der Waals surface area contributed by atoms with Gasteiger partial charge in [-0.25, -0.2) is 0 Å². The smallest absolute Gasteiger partial charge is 0.226 e. The standard InChI is InChI=1S/C16H24N2O/c1-3-16(10-4-5-11-16)15(19)18-12(2)13-6-8-14(17)9-7-13/h6-9,12H,3-5,10-11,17H2,1-2H3,(H,18,19). The third kappa shape index (κ3) is 2.91. The molecule has 0 aliphatic heterocycles. The second kappa shape index (κ2) is 5.64. The molecule has 1 aromatic rings. The second-order valence-corrected chi connectivity index (χ2v) is 5.70. The number of benzene rings is 1. The van der Waals surface area contributed by atoms with Gasteiger partial charge in [0.15, 0.2) is 0 Å². The highest BCUT2D eigenvalue weighted by atomic mass is 16.2. The van der Waals surface area contributed by atoms with E-state index >= 15 is 0 Å². The summed E-state index contributed by atoms with van der Waals surface area (Å²) in [6.45, 7) is 4.15. The van der Waals surface area contributed by atoms with Crippen molar-refractivity contribution in [1.29, 1.82) is 0 Å². The van der Waals surface area contributed by atoms with E-state index in [1.807, 2.05) is 31.2 Å². The molecule has 0 heterocycles. The molecule has 1 atom stereocenters. The average molecular weight is 260 g/mol. The van der Waals surface area contributed by atoms with Crippen molar-refractivity contribution in [2.24, 2.45) is 5.41 Å². The lowest BCUT2D eigenvalue weighted by Crippen LogP contribution is -2.40. The van der Waals surface area contributed by atoms with Crippen LogP contribution in [-0.4, -0.2) is 5.91 Å². The van der Waals surface area contributed by atoms with Gasteiger partial charge in [-0.1, -0.05) is 31.9 Å². The number of hydrogen-bond donors (Lipinski definition) is 2. The highest BCUT2D eigenvalue weighted by Gasteiger charge is 2.39. The summed E-state index contributed by atoms with van der Waals surface area (Å²) >= 11 is 0. The maximum absolute atomic E-state index is 12.5. The number of nitrogens with one attached hydrogen (secondary N) is 1. The third-order valence-corrected chi connectivity index (χ3v) is 4.50. The molecule has 2 rings (SSSR count). The first-order valence-corrected chi connectivity index (χ1v) is 7.24. The van der Waals surface area contributed by atoms with Crippen LogP contribution in [0.4, 0.5) is 5.69 Å². The van der Waals surface area contributed by atoms with Crippen LogP contribution in [0.5, 0.6) is 0 Å². The minimum absolute atomic E-state index is 0.0390. The number of amides is 1. The number of rotatable bonds is 4. The lowest BCUT2D eigenvalue weighted by atomic mass is 9.82. The van der Waals surface area contributed by atoms with E-state index in [0.717, 1.165) is 30.5 Å². The zero-order valence-corrected chi connectivity index (χ0v) is 11.9. The Hall–Kier alpha value is -1.51. The van der Waals surface area contributed by atoms with Gasteiger partial charge in [0.05, 0.1) is 6.04 Å². The minimum Gasteiger partial charge on any atom is -0.399 e. The molecule has 1 saturated carbocycles. The first kappa shape index (κ1) is 13.9. The Labute approximate surface area is 115 Å². The summed E-state index contributed by atoms with van der Waals surface area (Å²) in [6.07, 6.45) is 5.36. The highest BCUT2D eigenvalue weighted by molar-refractivity contribution is 5.83. The zero-order valence-electron chi connectivity index (χ0n) is 11.9. The number of anilines is 1. The molecule has 0 saturated heterocycles. The number of carbonyl (C=O) groups is 1. The Morgan fingerprint density at radius 3 is 2.42 bits per heavy atom. The van der Waals surface area contributed by atoms with Gasteiger partial charge in [0, 0.05) is 11.1 Å². The van der Waals surface area contributed by atoms with E-state index in [9.17, 15) is 4.79 Å². The Balaban J connectivity index is 2.04. The summed E-state index contributed by atoms with van der Waals surface area (Å²) in [4.78, 5) is 12.5. The molecule has 1 amide bonds. The van der Waals surface area contributed by atoms with Crippen LogP contribution in [0, 0.1) is 5.41 Å². The molecule has 19 heavy (non-hydrogen) atoms. The van der Waals surface area contributed by atoms with Gasteiger partial charge in [0.2, 0.25) is 5.91 Å². The Morgan fingerprint density at radius 2 is 1.89 bits per heavy atom. The highest BCUT2D eigenvalue weighted by Crippen LogP contribution is 2.41. The van der Waals surface area contributed by atoms with E-state index in [-0.39, 0.29) is 17.4 Å². The number of nitrogen functional groups attached to an aromatic ring is 1. The van der Waals surface area contributed by atoms with Crippen molar-refractivity contribution in [3.63, 3.8) is 0 Å². The average Bonchev–Trinajstić information content (AvgIpc) is 2.89. The molecule has 0 spiro atoms. The third-order valence-electron chi connectivity index (χ3n) is 4.50. The predicted molar refractivity (Wildman–Crippen MR) is 78.6 cm³/mol. The van der Waals surface area contributed by atoms with Crippen molar-refractivity contribution in [3.05, 3.63) is 29.8 Å².